The molecule has 2 heterocycles. The predicted octanol–water partition coefficient (Wildman–Crippen LogP) is 2.84. The molecule has 4 heteroatoms. The van der Waals surface area contributed by atoms with Gasteiger partial charge in [0.25, 0.3) is 0 Å². The van der Waals surface area contributed by atoms with Gasteiger partial charge in [-0.1, -0.05) is 17.7 Å². The first kappa shape index (κ1) is 12.9. The van der Waals surface area contributed by atoms with Crippen LogP contribution < -0.4 is 0 Å². The number of halogens is 1. The van der Waals surface area contributed by atoms with Crippen molar-refractivity contribution in [3.8, 4) is 0 Å². The molecule has 19 heavy (non-hydrogen) atoms. The molecular weight excluding hydrogens is 260 g/mol. The molecule has 3 nitrogen and oxygen atoms in total. The number of β-amino-alcohol motifs (C(OH)–C–C–N with tert-alkyl or cyclic N) is 1. The van der Waals surface area contributed by atoms with Crippen LogP contribution in [-0.4, -0.2) is 34.2 Å². The van der Waals surface area contributed by atoms with Crippen LogP contribution in [-0.2, 0) is 6.54 Å². The number of aromatic nitrogens is 1. The summed E-state index contributed by atoms with van der Waals surface area (Å²) in [6.07, 6.45) is 3.57. The second kappa shape index (κ2) is 5.45. The molecule has 0 spiro atoms. The van der Waals surface area contributed by atoms with Crippen LogP contribution in [0.25, 0.3) is 10.9 Å². The van der Waals surface area contributed by atoms with Gasteiger partial charge < -0.3 is 5.11 Å². The van der Waals surface area contributed by atoms with E-state index in [0.29, 0.717) is 0 Å². The largest absolute Gasteiger partial charge is 0.392 e. The van der Waals surface area contributed by atoms with E-state index >= 15 is 0 Å². The normalized spacial score (nSPS) is 20.8. The number of nitrogens with zero attached hydrogens (tertiary/aromatic N) is 2. The Bertz CT molecular complexity index is 587. The highest BCUT2D eigenvalue weighted by atomic mass is 35.5. The molecule has 1 fully saturated rings. The molecule has 0 amide bonds. The lowest BCUT2D eigenvalue weighted by Gasteiger charge is -2.30. The lowest BCUT2D eigenvalue weighted by molar-refractivity contribution is 0.0670. The number of aliphatic hydroxyl groups is 1. The molecule has 1 aliphatic rings. The number of fused-ring (bicyclic) bond motifs is 1. The maximum atomic E-state index is 9.74. The molecule has 100 valence electrons. The summed E-state index contributed by atoms with van der Waals surface area (Å²) < 4.78 is 0. The topological polar surface area (TPSA) is 36.4 Å². The van der Waals surface area contributed by atoms with Crippen molar-refractivity contribution in [2.45, 2.75) is 25.5 Å². The maximum Gasteiger partial charge on any atom is 0.0747 e. The summed E-state index contributed by atoms with van der Waals surface area (Å²) >= 11 is 6.17. The number of rotatable bonds is 2. The Morgan fingerprint density at radius 3 is 3.16 bits per heavy atom. The van der Waals surface area contributed by atoms with Crippen LogP contribution in [0.15, 0.2) is 30.5 Å². The minimum atomic E-state index is -0.202. The molecule has 1 atom stereocenters. The molecule has 0 bridgehead atoms. The van der Waals surface area contributed by atoms with Crippen molar-refractivity contribution in [2.24, 2.45) is 0 Å². The third kappa shape index (κ3) is 2.89. The van der Waals surface area contributed by atoms with Gasteiger partial charge in [0.2, 0.25) is 0 Å². The van der Waals surface area contributed by atoms with E-state index in [1.165, 1.54) is 0 Å². The molecule has 0 radical (unpaired) electrons. The van der Waals surface area contributed by atoms with Crippen LogP contribution >= 0.6 is 11.6 Å². The summed E-state index contributed by atoms with van der Waals surface area (Å²) in [5, 5.41) is 11.6. The fourth-order valence-electron chi connectivity index (χ4n) is 2.76. The van der Waals surface area contributed by atoms with Gasteiger partial charge in [0.1, 0.15) is 0 Å². The van der Waals surface area contributed by atoms with Crippen molar-refractivity contribution < 1.29 is 5.11 Å². The lowest BCUT2D eigenvalue weighted by Crippen LogP contribution is -2.37. The molecule has 2 aromatic rings. The Hall–Kier alpha value is -1.16. The maximum absolute atomic E-state index is 9.74. The van der Waals surface area contributed by atoms with E-state index < -0.39 is 0 Å². The highest BCUT2D eigenvalue weighted by Crippen LogP contribution is 2.24. The standard InChI is InChI=1S/C15H17ClN2O/c16-13-7-11-3-1-5-17-15(11)12(8-13)9-18-6-2-4-14(19)10-18/h1,3,5,7-8,14,19H,2,4,6,9-10H2/t14-/m1/s1. The molecule has 1 aromatic carbocycles. The van der Waals surface area contributed by atoms with Gasteiger partial charge in [-0.3, -0.25) is 9.88 Å². The third-order valence-electron chi connectivity index (χ3n) is 3.62. The minimum Gasteiger partial charge on any atom is -0.392 e. The first-order chi connectivity index (χ1) is 9.22. The second-order valence-electron chi connectivity index (χ2n) is 5.17. The van der Waals surface area contributed by atoms with Crippen LogP contribution in [0.5, 0.6) is 0 Å². The smallest absolute Gasteiger partial charge is 0.0747 e. The summed E-state index contributed by atoms with van der Waals surface area (Å²) in [5.41, 5.74) is 2.14. The monoisotopic (exact) mass is 276 g/mol. The zero-order valence-electron chi connectivity index (χ0n) is 10.7. The summed E-state index contributed by atoms with van der Waals surface area (Å²) in [5.74, 6) is 0. The van der Waals surface area contributed by atoms with Crippen LogP contribution in [0.4, 0.5) is 0 Å². The van der Waals surface area contributed by atoms with Crippen LogP contribution in [0.1, 0.15) is 18.4 Å². The van der Waals surface area contributed by atoms with Crippen molar-refractivity contribution in [2.75, 3.05) is 13.1 Å². The Labute approximate surface area is 117 Å². The van der Waals surface area contributed by atoms with E-state index in [-0.39, 0.29) is 6.10 Å². The van der Waals surface area contributed by atoms with Gasteiger partial charge in [-0.05, 0) is 43.1 Å². The van der Waals surface area contributed by atoms with Gasteiger partial charge in [0.05, 0.1) is 11.6 Å². The molecule has 0 aliphatic carbocycles. The summed E-state index contributed by atoms with van der Waals surface area (Å²) in [7, 11) is 0. The Morgan fingerprint density at radius 1 is 1.42 bits per heavy atom. The SMILES string of the molecule is O[C@@H]1CCCN(Cc2cc(Cl)cc3cccnc23)C1. The number of benzene rings is 1. The van der Waals surface area contributed by atoms with Crippen molar-refractivity contribution in [1.29, 1.82) is 0 Å². The molecule has 1 aromatic heterocycles. The lowest BCUT2D eigenvalue weighted by atomic mass is 10.1. The van der Waals surface area contributed by atoms with Crippen molar-refractivity contribution in [3.63, 3.8) is 0 Å². The van der Waals surface area contributed by atoms with E-state index in [0.717, 1.165) is 54.0 Å². The van der Waals surface area contributed by atoms with Crippen molar-refractivity contribution in [3.05, 3.63) is 41.0 Å². The number of hydrogen-bond acceptors (Lipinski definition) is 3. The van der Waals surface area contributed by atoms with E-state index in [1.807, 2.05) is 30.5 Å². The van der Waals surface area contributed by atoms with Gasteiger partial charge in [-0.25, -0.2) is 0 Å². The van der Waals surface area contributed by atoms with E-state index in [4.69, 9.17) is 11.6 Å². The summed E-state index contributed by atoms with van der Waals surface area (Å²) in [6.45, 7) is 2.56. The van der Waals surface area contributed by atoms with Crippen LogP contribution in [0, 0.1) is 0 Å². The fraction of sp³-hybridized carbons (Fsp3) is 0.400. The molecule has 3 rings (SSSR count). The number of piperidine rings is 1. The minimum absolute atomic E-state index is 0.202. The second-order valence-corrected chi connectivity index (χ2v) is 5.61. The average molecular weight is 277 g/mol. The van der Waals surface area contributed by atoms with Crippen molar-refractivity contribution >= 4 is 22.5 Å². The number of likely N-dealkylation sites (tertiary alicyclic amines) is 1. The van der Waals surface area contributed by atoms with E-state index in [9.17, 15) is 5.11 Å². The zero-order valence-corrected chi connectivity index (χ0v) is 11.5. The molecular formula is C15H17ClN2O. The highest BCUT2D eigenvalue weighted by molar-refractivity contribution is 6.31. The molecule has 0 unspecified atom stereocenters. The summed E-state index contributed by atoms with van der Waals surface area (Å²) in [6, 6.07) is 7.88. The number of aliphatic hydroxyl groups excluding tert-OH is 1. The van der Waals surface area contributed by atoms with Crippen LogP contribution in [0.2, 0.25) is 5.02 Å². The number of hydrogen-bond donors (Lipinski definition) is 1. The van der Waals surface area contributed by atoms with Gasteiger partial charge in [0.15, 0.2) is 0 Å². The molecule has 0 saturated carbocycles. The Morgan fingerprint density at radius 2 is 2.32 bits per heavy atom. The average Bonchev–Trinajstić information content (AvgIpc) is 2.38. The predicted molar refractivity (Wildman–Crippen MR) is 77.3 cm³/mol. The van der Waals surface area contributed by atoms with E-state index in [2.05, 4.69) is 9.88 Å². The Kier molecular flexibility index (Phi) is 3.69. The Balaban J connectivity index is 1.91. The van der Waals surface area contributed by atoms with Gasteiger partial charge in [0, 0.05) is 29.7 Å². The quantitative estimate of drug-likeness (QED) is 0.916. The van der Waals surface area contributed by atoms with Gasteiger partial charge in [-0.2, -0.15) is 0 Å². The van der Waals surface area contributed by atoms with Gasteiger partial charge in [-0.15, -0.1) is 0 Å². The van der Waals surface area contributed by atoms with Crippen LogP contribution in [0.3, 0.4) is 0 Å². The third-order valence-corrected chi connectivity index (χ3v) is 3.84. The van der Waals surface area contributed by atoms with Gasteiger partial charge >= 0.3 is 0 Å². The number of pyridine rings is 1. The zero-order chi connectivity index (χ0) is 13.2. The van der Waals surface area contributed by atoms with Crippen molar-refractivity contribution in [1.82, 2.24) is 9.88 Å². The van der Waals surface area contributed by atoms with E-state index in [1.54, 1.807) is 0 Å². The highest BCUT2D eigenvalue weighted by Gasteiger charge is 2.18. The molecule has 1 saturated heterocycles. The first-order valence-corrected chi connectivity index (χ1v) is 7.04. The molecule has 1 aliphatic heterocycles. The first-order valence-electron chi connectivity index (χ1n) is 6.66. The molecule has 1 N–H and O–H groups in total. The fourth-order valence-corrected chi connectivity index (χ4v) is 3.01. The summed E-state index contributed by atoms with van der Waals surface area (Å²) in [4.78, 5) is 6.73.